The van der Waals surface area contributed by atoms with Gasteiger partial charge in [-0.2, -0.15) is 9.61 Å². The van der Waals surface area contributed by atoms with Gasteiger partial charge >= 0.3 is 0 Å². The SMILES string of the molecule is Nc1cc(-c2ccco2)nc2c(I)cnn12. The molecular formula is C10H7IN4O. The number of anilines is 1. The Balaban J connectivity index is 2.32. The van der Waals surface area contributed by atoms with Crippen LogP contribution in [0.4, 0.5) is 5.82 Å². The molecule has 0 radical (unpaired) electrons. The van der Waals surface area contributed by atoms with E-state index >= 15 is 0 Å². The first-order valence-electron chi connectivity index (χ1n) is 4.59. The lowest BCUT2D eigenvalue weighted by Gasteiger charge is -2.01. The van der Waals surface area contributed by atoms with Crippen molar-refractivity contribution < 1.29 is 4.42 Å². The maximum atomic E-state index is 5.89. The number of rotatable bonds is 1. The zero-order valence-electron chi connectivity index (χ0n) is 8.09. The molecule has 0 aromatic carbocycles. The molecule has 0 spiro atoms. The minimum Gasteiger partial charge on any atom is -0.463 e. The zero-order valence-corrected chi connectivity index (χ0v) is 10.2. The lowest BCUT2D eigenvalue weighted by atomic mass is 10.3. The van der Waals surface area contributed by atoms with E-state index in [1.54, 1.807) is 23.0 Å². The molecule has 16 heavy (non-hydrogen) atoms. The van der Waals surface area contributed by atoms with Crippen LogP contribution < -0.4 is 5.73 Å². The molecule has 0 saturated carbocycles. The van der Waals surface area contributed by atoms with Crippen molar-refractivity contribution in [3.63, 3.8) is 0 Å². The van der Waals surface area contributed by atoms with E-state index in [1.165, 1.54) is 0 Å². The second-order valence-electron chi connectivity index (χ2n) is 3.27. The van der Waals surface area contributed by atoms with E-state index in [0.717, 1.165) is 9.22 Å². The summed E-state index contributed by atoms with van der Waals surface area (Å²) in [6, 6.07) is 5.41. The fourth-order valence-electron chi connectivity index (χ4n) is 1.51. The second-order valence-corrected chi connectivity index (χ2v) is 4.43. The summed E-state index contributed by atoms with van der Waals surface area (Å²) in [5.41, 5.74) is 7.35. The monoisotopic (exact) mass is 326 g/mol. The zero-order chi connectivity index (χ0) is 11.1. The van der Waals surface area contributed by atoms with Gasteiger partial charge in [-0.05, 0) is 34.7 Å². The number of furan rings is 1. The quantitative estimate of drug-likeness (QED) is 0.696. The van der Waals surface area contributed by atoms with Gasteiger partial charge in [-0.3, -0.25) is 0 Å². The van der Waals surface area contributed by atoms with E-state index < -0.39 is 0 Å². The molecule has 6 heteroatoms. The number of nitrogen functional groups attached to an aromatic ring is 1. The van der Waals surface area contributed by atoms with Gasteiger partial charge in [0.15, 0.2) is 11.4 Å². The predicted molar refractivity (Wildman–Crippen MR) is 67.8 cm³/mol. The van der Waals surface area contributed by atoms with Gasteiger partial charge in [0.1, 0.15) is 11.5 Å². The molecule has 0 unspecified atom stereocenters. The minimum absolute atomic E-state index is 0.541. The summed E-state index contributed by atoms with van der Waals surface area (Å²) >= 11 is 2.17. The molecule has 3 aromatic heterocycles. The van der Waals surface area contributed by atoms with Gasteiger partial charge in [-0.1, -0.05) is 0 Å². The topological polar surface area (TPSA) is 69.3 Å². The van der Waals surface area contributed by atoms with Crippen molar-refractivity contribution in [2.75, 3.05) is 5.73 Å². The van der Waals surface area contributed by atoms with Crippen LogP contribution in [0.2, 0.25) is 0 Å². The van der Waals surface area contributed by atoms with Crippen LogP contribution in [0, 0.1) is 3.57 Å². The Labute approximate surface area is 104 Å². The van der Waals surface area contributed by atoms with Gasteiger partial charge in [0.25, 0.3) is 0 Å². The molecule has 80 valence electrons. The lowest BCUT2D eigenvalue weighted by molar-refractivity contribution is 0.580. The third-order valence-electron chi connectivity index (χ3n) is 2.23. The minimum atomic E-state index is 0.541. The molecule has 3 heterocycles. The summed E-state index contributed by atoms with van der Waals surface area (Å²) in [5.74, 6) is 1.24. The normalized spacial score (nSPS) is 11.1. The van der Waals surface area contributed by atoms with Crippen LogP contribution >= 0.6 is 22.6 Å². The maximum absolute atomic E-state index is 5.89. The molecule has 2 N–H and O–H groups in total. The number of hydrogen-bond donors (Lipinski definition) is 1. The molecule has 0 aliphatic carbocycles. The molecule has 3 rings (SSSR count). The molecule has 0 amide bonds. The van der Waals surface area contributed by atoms with Crippen LogP contribution in [0.25, 0.3) is 17.1 Å². The third kappa shape index (κ3) is 1.37. The van der Waals surface area contributed by atoms with E-state index in [0.29, 0.717) is 17.3 Å². The van der Waals surface area contributed by atoms with Crippen molar-refractivity contribution in [2.24, 2.45) is 0 Å². The Hall–Kier alpha value is -1.57. The maximum Gasteiger partial charge on any atom is 0.171 e. The fraction of sp³-hybridized carbons (Fsp3) is 0. The molecule has 0 aliphatic heterocycles. The van der Waals surface area contributed by atoms with Crippen LogP contribution in [0.3, 0.4) is 0 Å². The van der Waals surface area contributed by atoms with E-state index in [4.69, 9.17) is 10.2 Å². The van der Waals surface area contributed by atoms with Crippen LogP contribution in [0.5, 0.6) is 0 Å². The first kappa shape index (κ1) is 9.64. The molecule has 0 atom stereocenters. The molecule has 0 fully saturated rings. The van der Waals surface area contributed by atoms with Crippen molar-refractivity contribution in [2.45, 2.75) is 0 Å². The number of halogens is 1. The molecule has 0 aliphatic rings. The largest absolute Gasteiger partial charge is 0.463 e. The van der Waals surface area contributed by atoms with E-state index in [1.807, 2.05) is 12.1 Å². The van der Waals surface area contributed by atoms with Gasteiger partial charge in [0, 0.05) is 6.07 Å². The van der Waals surface area contributed by atoms with Gasteiger partial charge in [-0.25, -0.2) is 4.98 Å². The highest BCUT2D eigenvalue weighted by Gasteiger charge is 2.10. The first-order valence-corrected chi connectivity index (χ1v) is 5.67. The van der Waals surface area contributed by atoms with Crippen molar-refractivity contribution in [3.05, 3.63) is 34.2 Å². The Kier molecular flexibility index (Phi) is 2.10. The standard InChI is InChI=1S/C10H7IN4O/c11-6-5-13-15-9(12)4-7(14-10(6)15)8-2-1-3-16-8/h1-5H,12H2. The van der Waals surface area contributed by atoms with Crippen molar-refractivity contribution in [3.8, 4) is 11.5 Å². The van der Waals surface area contributed by atoms with E-state index in [9.17, 15) is 0 Å². The van der Waals surface area contributed by atoms with Crippen LogP contribution in [-0.2, 0) is 0 Å². The Morgan fingerprint density at radius 3 is 3.06 bits per heavy atom. The first-order chi connectivity index (χ1) is 7.75. The highest BCUT2D eigenvalue weighted by molar-refractivity contribution is 14.1. The van der Waals surface area contributed by atoms with Crippen LogP contribution in [0.15, 0.2) is 35.1 Å². The van der Waals surface area contributed by atoms with Gasteiger partial charge in [0.05, 0.1) is 16.0 Å². The summed E-state index contributed by atoms with van der Waals surface area (Å²) in [4.78, 5) is 4.46. The van der Waals surface area contributed by atoms with Gasteiger partial charge < -0.3 is 10.2 Å². The van der Waals surface area contributed by atoms with Crippen molar-refractivity contribution in [1.29, 1.82) is 0 Å². The summed E-state index contributed by atoms with van der Waals surface area (Å²) in [5, 5.41) is 4.13. The number of aromatic nitrogens is 3. The molecule has 0 bridgehead atoms. The Bertz CT molecular complexity index is 644. The average Bonchev–Trinajstić information content (AvgIpc) is 2.88. The summed E-state index contributed by atoms with van der Waals surface area (Å²) in [7, 11) is 0. The fourth-order valence-corrected chi connectivity index (χ4v) is 1.98. The van der Waals surface area contributed by atoms with Crippen molar-refractivity contribution >= 4 is 34.1 Å². The summed E-state index contributed by atoms with van der Waals surface area (Å²) in [6.45, 7) is 0. The second kappa shape index (κ2) is 3.48. The molecular weight excluding hydrogens is 319 g/mol. The van der Waals surface area contributed by atoms with Crippen LogP contribution in [0.1, 0.15) is 0 Å². The smallest absolute Gasteiger partial charge is 0.171 e. The average molecular weight is 326 g/mol. The number of nitrogens with two attached hydrogens (primary N) is 1. The van der Waals surface area contributed by atoms with E-state index in [-0.39, 0.29) is 0 Å². The van der Waals surface area contributed by atoms with Crippen molar-refractivity contribution in [1.82, 2.24) is 14.6 Å². The van der Waals surface area contributed by atoms with Crippen LogP contribution in [-0.4, -0.2) is 14.6 Å². The molecule has 0 saturated heterocycles. The van der Waals surface area contributed by atoms with Gasteiger partial charge in [-0.15, -0.1) is 0 Å². The highest BCUT2D eigenvalue weighted by atomic mass is 127. The summed E-state index contributed by atoms with van der Waals surface area (Å²) < 4.78 is 7.85. The molecule has 3 aromatic rings. The lowest BCUT2D eigenvalue weighted by Crippen LogP contribution is -2.01. The third-order valence-corrected chi connectivity index (χ3v) is 2.99. The number of fused-ring (bicyclic) bond motifs is 1. The predicted octanol–water partition coefficient (Wildman–Crippen LogP) is 2.18. The van der Waals surface area contributed by atoms with Gasteiger partial charge in [0.2, 0.25) is 0 Å². The Morgan fingerprint density at radius 1 is 1.44 bits per heavy atom. The van der Waals surface area contributed by atoms with E-state index in [2.05, 4.69) is 32.7 Å². The number of nitrogens with zero attached hydrogens (tertiary/aromatic N) is 3. The Morgan fingerprint density at radius 2 is 2.31 bits per heavy atom. The highest BCUT2D eigenvalue weighted by Crippen LogP contribution is 2.22. The molecule has 5 nitrogen and oxygen atoms in total. The number of hydrogen-bond acceptors (Lipinski definition) is 4. The summed E-state index contributed by atoms with van der Waals surface area (Å²) in [6.07, 6.45) is 3.34.